The van der Waals surface area contributed by atoms with Gasteiger partial charge in [0.2, 0.25) is 5.91 Å². The number of benzene rings is 2. The zero-order valence-electron chi connectivity index (χ0n) is 14.6. The van der Waals surface area contributed by atoms with Gasteiger partial charge in [0.15, 0.2) is 9.84 Å². The molecule has 7 nitrogen and oxygen atoms in total. The first kappa shape index (κ1) is 18.8. The molecule has 0 radical (unpaired) electrons. The summed E-state index contributed by atoms with van der Waals surface area (Å²) >= 11 is 0. The van der Waals surface area contributed by atoms with E-state index in [4.69, 9.17) is 0 Å². The number of rotatable bonds is 8. The van der Waals surface area contributed by atoms with Crippen LogP contribution in [0.1, 0.15) is 18.0 Å². The second-order valence-electron chi connectivity index (χ2n) is 6.00. The molecule has 140 valence electrons. The van der Waals surface area contributed by atoms with Gasteiger partial charge in [0.1, 0.15) is 0 Å². The zero-order valence-corrected chi connectivity index (χ0v) is 15.4. The molecule has 27 heavy (non-hydrogen) atoms. The Bertz CT molecular complexity index is 959. The molecule has 1 aromatic heterocycles. The average molecular weight is 384 g/mol. The predicted molar refractivity (Wildman–Crippen MR) is 100 cm³/mol. The molecule has 1 amide bonds. The summed E-state index contributed by atoms with van der Waals surface area (Å²) in [6.07, 6.45) is 3.01. The van der Waals surface area contributed by atoms with Crippen molar-refractivity contribution >= 4 is 15.7 Å². The van der Waals surface area contributed by atoms with E-state index < -0.39 is 9.84 Å². The van der Waals surface area contributed by atoms with E-state index in [1.165, 1.54) is 16.9 Å². The monoisotopic (exact) mass is 384 g/mol. The number of amides is 1. The minimum atomic E-state index is -3.50. The molecular formula is C19H20N4O3S. The smallest absolute Gasteiger partial charge is 0.221 e. The van der Waals surface area contributed by atoms with Crippen molar-refractivity contribution in [1.29, 1.82) is 0 Å². The molecule has 8 heteroatoms. The van der Waals surface area contributed by atoms with Crippen molar-refractivity contribution in [2.24, 2.45) is 0 Å². The number of nitrogens with zero attached hydrogens (tertiary/aromatic N) is 3. The van der Waals surface area contributed by atoms with Gasteiger partial charge in [-0.3, -0.25) is 4.79 Å². The highest BCUT2D eigenvalue weighted by Gasteiger charge is 2.19. The molecule has 2 aromatic carbocycles. The van der Waals surface area contributed by atoms with E-state index in [1.807, 2.05) is 30.3 Å². The summed E-state index contributed by atoms with van der Waals surface area (Å²) in [5.74, 6) is -0.583. The second kappa shape index (κ2) is 8.59. The van der Waals surface area contributed by atoms with Crippen molar-refractivity contribution < 1.29 is 13.2 Å². The topological polar surface area (TPSA) is 94.0 Å². The van der Waals surface area contributed by atoms with Crippen molar-refractivity contribution in [3.8, 4) is 0 Å². The first-order chi connectivity index (χ1) is 13.0. The van der Waals surface area contributed by atoms with Crippen LogP contribution in [0.2, 0.25) is 0 Å². The highest BCUT2D eigenvalue weighted by atomic mass is 32.2. The van der Waals surface area contributed by atoms with Crippen LogP contribution in [0.4, 0.5) is 0 Å². The Morgan fingerprint density at radius 3 is 2.19 bits per heavy atom. The van der Waals surface area contributed by atoms with Crippen molar-refractivity contribution in [1.82, 2.24) is 20.3 Å². The third kappa shape index (κ3) is 5.24. The largest absolute Gasteiger partial charge is 0.347 e. The Hall–Kier alpha value is -3.00. The molecule has 3 aromatic rings. The molecular weight excluding hydrogens is 364 g/mol. The Balaban J connectivity index is 1.66. The Morgan fingerprint density at radius 2 is 1.56 bits per heavy atom. The molecule has 3 rings (SSSR count). The fourth-order valence-corrected chi connectivity index (χ4v) is 3.92. The molecule has 0 saturated heterocycles. The van der Waals surface area contributed by atoms with Gasteiger partial charge < -0.3 is 5.32 Å². The van der Waals surface area contributed by atoms with Crippen LogP contribution in [-0.2, 0) is 21.2 Å². The maximum absolute atomic E-state index is 12.4. The molecule has 0 saturated carbocycles. The molecule has 1 atom stereocenters. The lowest BCUT2D eigenvalue weighted by Crippen LogP contribution is -2.33. The molecule has 0 spiro atoms. The summed E-state index contributed by atoms with van der Waals surface area (Å²) in [7, 11) is -3.50. The lowest BCUT2D eigenvalue weighted by molar-refractivity contribution is -0.121. The van der Waals surface area contributed by atoms with Crippen LogP contribution < -0.4 is 5.32 Å². The summed E-state index contributed by atoms with van der Waals surface area (Å²) in [5.41, 5.74) is 0.897. The van der Waals surface area contributed by atoms with Crippen LogP contribution in [0.3, 0.4) is 0 Å². The van der Waals surface area contributed by atoms with Crippen LogP contribution in [0.25, 0.3) is 0 Å². The number of hydrogen-bond acceptors (Lipinski definition) is 5. The first-order valence-corrected chi connectivity index (χ1v) is 10.2. The van der Waals surface area contributed by atoms with E-state index in [1.54, 1.807) is 30.6 Å². The normalized spacial score (nSPS) is 12.4. The lowest BCUT2D eigenvalue weighted by Gasteiger charge is -2.19. The third-order valence-electron chi connectivity index (χ3n) is 4.05. The Morgan fingerprint density at radius 1 is 0.963 bits per heavy atom. The number of hydrogen-bond donors (Lipinski definition) is 1. The molecule has 0 aliphatic rings. The summed E-state index contributed by atoms with van der Waals surface area (Å²) in [4.78, 5) is 14.1. The fraction of sp³-hybridized carbons (Fsp3) is 0.211. The molecule has 0 bridgehead atoms. The number of aromatic nitrogens is 3. The van der Waals surface area contributed by atoms with Gasteiger partial charge >= 0.3 is 0 Å². The molecule has 0 fully saturated rings. The summed E-state index contributed by atoms with van der Waals surface area (Å²) < 4.78 is 24.7. The van der Waals surface area contributed by atoms with E-state index in [2.05, 4.69) is 15.5 Å². The molecule has 1 N–H and O–H groups in total. The van der Waals surface area contributed by atoms with Crippen molar-refractivity contribution in [2.75, 3.05) is 5.75 Å². The minimum absolute atomic E-state index is 0.118. The van der Waals surface area contributed by atoms with Crippen LogP contribution in [0.5, 0.6) is 0 Å². The SMILES string of the molecule is O=C(CCS(=O)(=O)c1ccccc1)NC(Cn1nccn1)c1ccccc1. The molecule has 1 unspecified atom stereocenters. The second-order valence-corrected chi connectivity index (χ2v) is 8.11. The fourth-order valence-electron chi connectivity index (χ4n) is 2.66. The van der Waals surface area contributed by atoms with Crippen LogP contribution >= 0.6 is 0 Å². The molecule has 1 heterocycles. The van der Waals surface area contributed by atoms with Crippen LogP contribution in [0, 0.1) is 0 Å². The summed E-state index contributed by atoms with van der Waals surface area (Å²) in [6, 6.07) is 17.2. The van der Waals surface area contributed by atoms with E-state index >= 15 is 0 Å². The summed E-state index contributed by atoms with van der Waals surface area (Å²) in [6.45, 7) is 0.355. The maximum Gasteiger partial charge on any atom is 0.221 e. The maximum atomic E-state index is 12.4. The van der Waals surface area contributed by atoms with Gasteiger partial charge in [0.25, 0.3) is 0 Å². The van der Waals surface area contributed by atoms with Crippen LogP contribution in [-0.4, -0.2) is 35.1 Å². The van der Waals surface area contributed by atoms with E-state index in [0.29, 0.717) is 6.54 Å². The van der Waals surface area contributed by atoms with E-state index in [9.17, 15) is 13.2 Å². The van der Waals surface area contributed by atoms with Crippen molar-refractivity contribution in [3.05, 3.63) is 78.6 Å². The Labute approximate surface area is 158 Å². The quantitative estimate of drug-likeness (QED) is 0.641. The lowest BCUT2D eigenvalue weighted by atomic mass is 10.1. The van der Waals surface area contributed by atoms with Crippen molar-refractivity contribution in [3.63, 3.8) is 0 Å². The minimum Gasteiger partial charge on any atom is -0.347 e. The molecule has 0 aliphatic carbocycles. The van der Waals surface area contributed by atoms with Gasteiger partial charge in [-0.15, -0.1) is 0 Å². The third-order valence-corrected chi connectivity index (χ3v) is 5.78. The number of sulfone groups is 1. The van der Waals surface area contributed by atoms with Gasteiger partial charge in [-0.1, -0.05) is 48.5 Å². The number of carbonyl (C=O) groups excluding carboxylic acids is 1. The van der Waals surface area contributed by atoms with Gasteiger partial charge in [-0.05, 0) is 17.7 Å². The van der Waals surface area contributed by atoms with Gasteiger partial charge in [-0.2, -0.15) is 15.0 Å². The predicted octanol–water partition coefficient (Wildman–Crippen LogP) is 2.00. The number of carbonyl (C=O) groups is 1. The molecule has 0 aliphatic heterocycles. The Kier molecular flexibility index (Phi) is 5.97. The van der Waals surface area contributed by atoms with E-state index in [0.717, 1.165) is 5.56 Å². The first-order valence-electron chi connectivity index (χ1n) is 8.51. The number of nitrogens with one attached hydrogen (secondary N) is 1. The highest BCUT2D eigenvalue weighted by molar-refractivity contribution is 7.91. The zero-order chi connectivity index (χ0) is 19.1. The van der Waals surface area contributed by atoms with Crippen molar-refractivity contribution in [2.45, 2.75) is 23.9 Å². The van der Waals surface area contributed by atoms with Gasteiger partial charge in [0, 0.05) is 6.42 Å². The van der Waals surface area contributed by atoms with Gasteiger partial charge in [-0.25, -0.2) is 8.42 Å². The van der Waals surface area contributed by atoms with Gasteiger partial charge in [0.05, 0.1) is 35.6 Å². The van der Waals surface area contributed by atoms with Crippen LogP contribution in [0.15, 0.2) is 78.0 Å². The average Bonchev–Trinajstić information content (AvgIpc) is 3.20. The standard InChI is InChI=1S/C19H20N4O3S/c24-19(11-14-27(25,26)17-9-5-2-6-10-17)22-18(15-23-20-12-13-21-23)16-7-3-1-4-8-16/h1-10,12-13,18H,11,14-15H2,(H,22,24). The highest BCUT2D eigenvalue weighted by Crippen LogP contribution is 2.15. The van der Waals surface area contributed by atoms with E-state index in [-0.39, 0.29) is 29.0 Å². The summed E-state index contributed by atoms with van der Waals surface area (Å²) in [5, 5.41) is 11.0.